The van der Waals surface area contributed by atoms with Gasteiger partial charge in [0.25, 0.3) is 11.8 Å². The predicted molar refractivity (Wildman–Crippen MR) is 123 cm³/mol. The summed E-state index contributed by atoms with van der Waals surface area (Å²) in [5.74, 6) is -1.15. The van der Waals surface area contributed by atoms with Crippen LogP contribution >= 0.6 is 34.8 Å². The van der Waals surface area contributed by atoms with E-state index in [2.05, 4.69) is 15.8 Å². The van der Waals surface area contributed by atoms with Crippen molar-refractivity contribution in [3.63, 3.8) is 0 Å². The number of phenolic OH excluding ortho intramolecular Hbond substituents is 1. The average Bonchev–Trinajstić information content (AvgIpc) is 2.71. The Morgan fingerprint density at radius 1 is 1.13 bits per heavy atom. The molecule has 0 heterocycles. The average molecular weight is 487 g/mol. The molecule has 7 nitrogen and oxygen atoms in total. The molecule has 2 aromatic rings. The van der Waals surface area contributed by atoms with Gasteiger partial charge in [-0.25, -0.2) is 5.43 Å². The molecule has 0 aromatic heterocycles. The minimum absolute atomic E-state index is 0.0904. The van der Waals surface area contributed by atoms with Crippen LogP contribution in [-0.2, 0) is 4.79 Å². The third-order valence-electron chi connectivity index (χ3n) is 4.16. The molecule has 166 valence electrons. The van der Waals surface area contributed by atoms with E-state index in [1.165, 1.54) is 36.5 Å². The van der Waals surface area contributed by atoms with Crippen molar-refractivity contribution in [2.75, 3.05) is 6.61 Å². The summed E-state index contributed by atoms with van der Waals surface area (Å²) < 4.78 is 5.31. The summed E-state index contributed by atoms with van der Waals surface area (Å²) in [7, 11) is 0. The number of carbonyl (C=O) groups is 2. The van der Waals surface area contributed by atoms with Gasteiger partial charge in [-0.2, -0.15) is 5.10 Å². The van der Waals surface area contributed by atoms with Crippen molar-refractivity contribution in [3.05, 3.63) is 56.5 Å². The molecule has 31 heavy (non-hydrogen) atoms. The smallest absolute Gasteiger partial charge is 0.262 e. The van der Waals surface area contributed by atoms with Crippen molar-refractivity contribution in [2.45, 2.75) is 26.8 Å². The van der Waals surface area contributed by atoms with E-state index in [1.807, 2.05) is 0 Å². The van der Waals surface area contributed by atoms with Gasteiger partial charge in [-0.3, -0.25) is 9.59 Å². The molecule has 0 fully saturated rings. The lowest BCUT2D eigenvalue weighted by atomic mass is 10.0. The highest BCUT2D eigenvalue weighted by atomic mass is 35.5. The molecule has 0 saturated carbocycles. The van der Waals surface area contributed by atoms with Gasteiger partial charge in [0.15, 0.2) is 11.5 Å². The number of rotatable bonds is 8. The monoisotopic (exact) mass is 485 g/mol. The maximum Gasteiger partial charge on any atom is 0.262 e. The van der Waals surface area contributed by atoms with Gasteiger partial charge >= 0.3 is 0 Å². The van der Waals surface area contributed by atoms with Crippen molar-refractivity contribution in [1.29, 1.82) is 0 Å². The van der Waals surface area contributed by atoms with Crippen LogP contribution in [0.4, 0.5) is 0 Å². The Morgan fingerprint density at radius 2 is 1.84 bits per heavy atom. The number of phenols is 1. The molecule has 0 radical (unpaired) electrons. The Morgan fingerprint density at radius 3 is 2.45 bits per heavy atom. The molecular weight excluding hydrogens is 465 g/mol. The van der Waals surface area contributed by atoms with Crippen molar-refractivity contribution in [1.82, 2.24) is 10.7 Å². The highest BCUT2D eigenvalue weighted by Crippen LogP contribution is 2.34. The minimum Gasteiger partial charge on any atom is -0.503 e. The minimum atomic E-state index is -0.846. The van der Waals surface area contributed by atoms with E-state index in [9.17, 15) is 14.7 Å². The molecule has 0 saturated heterocycles. The molecule has 3 N–H and O–H groups in total. The quantitative estimate of drug-likeness (QED) is 0.373. The van der Waals surface area contributed by atoms with E-state index in [0.29, 0.717) is 17.2 Å². The number of amides is 2. The fourth-order valence-electron chi connectivity index (χ4n) is 2.57. The number of ether oxygens (including phenoxy) is 1. The molecule has 1 atom stereocenters. The summed E-state index contributed by atoms with van der Waals surface area (Å²) in [4.78, 5) is 25.1. The number of hydrogen-bond donors (Lipinski definition) is 3. The number of nitrogens with one attached hydrogen (secondary N) is 2. The van der Waals surface area contributed by atoms with Crippen molar-refractivity contribution < 1.29 is 19.4 Å². The Kier molecular flexibility index (Phi) is 8.98. The molecule has 0 bridgehead atoms. The van der Waals surface area contributed by atoms with Gasteiger partial charge in [0.1, 0.15) is 6.04 Å². The van der Waals surface area contributed by atoms with Crippen LogP contribution in [0.25, 0.3) is 0 Å². The first-order valence-electron chi connectivity index (χ1n) is 9.38. The zero-order valence-corrected chi connectivity index (χ0v) is 19.3. The zero-order chi connectivity index (χ0) is 23.1. The molecule has 2 aromatic carbocycles. The van der Waals surface area contributed by atoms with E-state index in [0.717, 1.165) is 0 Å². The highest BCUT2D eigenvalue weighted by molar-refractivity contribution is 6.42. The number of carbonyl (C=O) groups excluding carboxylic acids is 2. The van der Waals surface area contributed by atoms with E-state index in [4.69, 9.17) is 39.5 Å². The first-order chi connectivity index (χ1) is 14.6. The second-order valence-electron chi connectivity index (χ2n) is 6.84. The van der Waals surface area contributed by atoms with Gasteiger partial charge in [-0.05, 0) is 48.7 Å². The number of hydrazone groups is 1. The SMILES string of the molecule is CCOc1cc(/C=N/NC(=O)C(NC(=O)c2ccc(Cl)c(Cl)c2)C(C)C)cc(Cl)c1O. The molecule has 2 rings (SSSR count). The fraction of sp³-hybridized carbons (Fsp3) is 0.286. The van der Waals surface area contributed by atoms with E-state index in [1.54, 1.807) is 20.8 Å². The highest BCUT2D eigenvalue weighted by Gasteiger charge is 2.24. The van der Waals surface area contributed by atoms with Crippen molar-refractivity contribution in [3.8, 4) is 11.5 Å². The Labute approximate surface area is 195 Å². The number of aromatic hydroxyl groups is 1. The third-order valence-corrected chi connectivity index (χ3v) is 5.18. The van der Waals surface area contributed by atoms with Crippen molar-refractivity contribution in [2.24, 2.45) is 11.0 Å². The van der Waals surface area contributed by atoms with E-state index < -0.39 is 17.9 Å². The van der Waals surface area contributed by atoms with Crippen LogP contribution < -0.4 is 15.5 Å². The summed E-state index contributed by atoms with van der Waals surface area (Å²) in [5, 5.41) is 17.1. The number of hydrogen-bond acceptors (Lipinski definition) is 5. The van der Waals surface area contributed by atoms with Crippen LogP contribution in [0.2, 0.25) is 15.1 Å². The summed E-state index contributed by atoms with van der Waals surface area (Å²) in [6.07, 6.45) is 1.35. The molecule has 10 heteroatoms. The van der Waals surface area contributed by atoms with E-state index in [-0.39, 0.29) is 33.0 Å². The molecule has 1 unspecified atom stereocenters. The van der Waals surface area contributed by atoms with Gasteiger partial charge < -0.3 is 15.2 Å². The summed E-state index contributed by atoms with van der Waals surface area (Å²) in [5.41, 5.74) is 3.18. The van der Waals surface area contributed by atoms with Crippen LogP contribution in [0, 0.1) is 5.92 Å². The summed E-state index contributed by atoms with van der Waals surface area (Å²) in [6, 6.07) is 6.61. The maximum absolute atomic E-state index is 12.6. The number of benzene rings is 2. The van der Waals surface area contributed by atoms with Gasteiger partial charge in [0.05, 0.1) is 27.9 Å². The fourth-order valence-corrected chi connectivity index (χ4v) is 3.09. The molecular formula is C21H22Cl3N3O4. The van der Waals surface area contributed by atoms with E-state index >= 15 is 0 Å². The maximum atomic E-state index is 12.6. The lowest BCUT2D eigenvalue weighted by molar-refractivity contribution is -0.123. The van der Waals surface area contributed by atoms with Crippen LogP contribution in [0.3, 0.4) is 0 Å². The van der Waals surface area contributed by atoms with Crippen LogP contribution in [0.15, 0.2) is 35.4 Å². The Balaban J connectivity index is 2.09. The molecule has 0 aliphatic rings. The van der Waals surface area contributed by atoms with Gasteiger partial charge in [-0.1, -0.05) is 48.7 Å². The van der Waals surface area contributed by atoms with Gasteiger partial charge in [0, 0.05) is 5.56 Å². The number of nitrogens with zero attached hydrogens (tertiary/aromatic N) is 1. The summed E-state index contributed by atoms with van der Waals surface area (Å²) >= 11 is 17.8. The normalized spacial score (nSPS) is 12.1. The molecule has 2 amide bonds. The lowest BCUT2D eigenvalue weighted by Crippen LogP contribution is -2.48. The van der Waals surface area contributed by atoms with Crippen molar-refractivity contribution >= 4 is 52.8 Å². The predicted octanol–water partition coefficient (Wildman–Crippen LogP) is 4.66. The first kappa shape index (κ1) is 24.8. The zero-order valence-electron chi connectivity index (χ0n) is 17.1. The largest absolute Gasteiger partial charge is 0.503 e. The van der Waals surface area contributed by atoms with Crippen LogP contribution in [0.5, 0.6) is 11.5 Å². The van der Waals surface area contributed by atoms with Gasteiger partial charge in [-0.15, -0.1) is 0 Å². The second-order valence-corrected chi connectivity index (χ2v) is 8.06. The second kappa shape index (κ2) is 11.2. The summed E-state index contributed by atoms with van der Waals surface area (Å²) in [6.45, 7) is 5.69. The number of halogens is 3. The molecule has 0 spiro atoms. The topological polar surface area (TPSA) is 100 Å². The molecule has 0 aliphatic carbocycles. The Bertz CT molecular complexity index is 996. The standard InChI is InChI=1S/C21H22Cl3N3O4/c1-4-31-17-8-12(7-16(24)19(17)28)10-25-27-21(30)18(11(2)3)26-20(29)13-5-6-14(22)15(23)9-13/h5-11,18,28H,4H2,1-3H3,(H,26,29)(H,27,30)/b25-10+. The van der Waals surface area contributed by atoms with Crippen LogP contribution in [0.1, 0.15) is 36.7 Å². The molecule has 0 aliphatic heterocycles. The van der Waals surface area contributed by atoms with Gasteiger partial charge in [0.2, 0.25) is 0 Å². The Hall–Kier alpha value is -2.48. The first-order valence-corrected chi connectivity index (χ1v) is 10.5. The third kappa shape index (κ3) is 6.75. The lowest BCUT2D eigenvalue weighted by Gasteiger charge is -2.20. The van der Waals surface area contributed by atoms with Crippen LogP contribution in [-0.4, -0.2) is 35.8 Å².